The first-order chi connectivity index (χ1) is 7.84. The van der Waals surface area contributed by atoms with Crippen molar-refractivity contribution in [3.8, 4) is 0 Å². The van der Waals surface area contributed by atoms with Crippen LogP contribution in [0.2, 0.25) is 0 Å². The van der Waals surface area contributed by atoms with Gasteiger partial charge in [0.2, 0.25) is 0 Å². The third-order valence-electron chi connectivity index (χ3n) is 2.90. The zero-order valence-corrected chi connectivity index (χ0v) is 9.47. The van der Waals surface area contributed by atoms with Gasteiger partial charge in [0.25, 0.3) is 0 Å². The van der Waals surface area contributed by atoms with Crippen LogP contribution in [0.3, 0.4) is 0 Å². The summed E-state index contributed by atoms with van der Waals surface area (Å²) >= 11 is 0. The highest BCUT2D eigenvalue weighted by Crippen LogP contribution is 2.18. The first-order valence-electron chi connectivity index (χ1n) is 5.94. The first kappa shape index (κ1) is 11.2. The minimum Gasteiger partial charge on any atom is -0.389 e. The van der Waals surface area contributed by atoms with E-state index in [-0.39, 0.29) is 6.10 Å². The molecule has 0 fully saturated rings. The lowest BCUT2D eigenvalue weighted by Crippen LogP contribution is -2.06. The van der Waals surface area contributed by atoms with Crippen molar-refractivity contribution in [2.75, 3.05) is 0 Å². The van der Waals surface area contributed by atoms with Crippen LogP contribution in [-0.4, -0.2) is 11.2 Å². The van der Waals surface area contributed by atoms with Gasteiger partial charge in [-0.2, -0.15) is 0 Å². The first-order valence-corrected chi connectivity index (χ1v) is 5.94. The summed E-state index contributed by atoms with van der Waals surface area (Å²) in [6.07, 6.45) is 10.2. The van der Waals surface area contributed by atoms with Crippen LogP contribution < -0.4 is 0 Å². The van der Waals surface area contributed by atoms with Crippen LogP contribution in [-0.2, 0) is 6.42 Å². The lowest BCUT2D eigenvalue weighted by molar-refractivity contribution is 0.224. The van der Waals surface area contributed by atoms with E-state index >= 15 is 0 Å². The van der Waals surface area contributed by atoms with Gasteiger partial charge < -0.3 is 5.11 Å². The topological polar surface area (TPSA) is 20.2 Å². The largest absolute Gasteiger partial charge is 0.389 e. The molecule has 16 heavy (non-hydrogen) atoms. The molecule has 1 N–H and O–H groups in total. The van der Waals surface area contributed by atoms with Crippen molar-refractivity contribution in [3.05, 3.63) is 59.7 Å². The third kappa shape index (κ3) is 3.35. The highest BCUT2D eigenvalue weighted by molar-refractivity contribution is 5.24. The Balaban J connectivity index is 1.86. The fourth-order valence-electron chi connectivity index (χ4n) is 2.01. The Labute approximate surface area is 97.1 Å². The molecular weight excluding hydrogens is 196 g/mol. The number of hydrogen-bond donors (Lipinski definition) is 1. The Morgan fingerprint density at radius 2 is 2.06 bits per heavy atom. The summed E-state index contributed by atoms with van der Waals surface area (Å²) in [6.45, 7) is 0. The van der Waals surface area contributed by atoms with E-state index in [9.17, 15) is 5.11 Å². The van der Waals surface area contributed by atoms with Crippen LogP contribution >= 0.6 is 0 Å². The van der Waals surface area contributed by atoms with Gasteiger partial charge in [-0.15, -0.1) is 0 Å². The molecule has 0 aromatic heterocycles. The molecule has 1 nitrogen and oxygen atoms in total. The van der Waals surface area contributed by atoms with Crippen LogP contribution in [0.15, 0.2) is 54.1 Å². The lowest BCUT2D eigenvalue weighted by atomic mass is 10.1. The summed E-state index contributed by atoms with van der Waals surface area (Å²) in [5.74, 6) is 0. The summed E-state index contributed by atoms with van der Waals surface area (Å²) in [5.41, 5.74) is 2.55. The number of hydrogen-bond acceptors (Lipinski definition) is 1. The summed E-state index contributed by atoms with van der Waals surface area (Å²) < 4.78 is 0. The smallest absolute Gasteiger partial charge is 0.0764 e. The van der Waals surface area contributed by atoms with Gasteiger partial charge in [0.1, 0.15) is 0 Å². The molecule has 1 unspecified atom stereocenters. The Bertz CT molecular complexity index is 376. The van der Waals surface area contributed by atoms with Gasteiger partial charge in [-0.1, -0.05) is 54.1 Å². The van der Waals surface area contributed by atoms with E-state index < -0.39 is 0 Å². The standard InChI is InChI=1S/C15H18O/c16-15(11-10-13-6-4-5-7-13)12-14-8-2-1-3-9-14/h1-3,6,8-11,15-16H,4-5,7,12H2/b11-10+. The Morgan fingerprint density at radius 3 is 2.75 bits per heavy atom. The second-order valence-electron chi connectivity index (χ2n) is 4.29. The molecule has 1 heteroatoms. The van der Waals surface area contributed by atoms with Gasteiger partial charge in [-0.05, 0) is 24.8 Å². The minimum absolute atomic E-state index is 0.371. The molecule has 84 valence electrons. The Hall–Kier alpha value is -1.34. The van der Waals surface area contributed by atoms with E-state index in [1.165, 1.54) is 24.0 Å². The van der Waals surface area contributed by atoms with Crippen molar-refractivity contribution in [2.45, 2.75) is 31.8 Å². The van der Waals surface area contributed by atoms with Crippen molar-refractivity contribution < 1.29 is 5.11 Å². The van der Waals surface area contributed by atoms with E-state index in [4.69, 9.17) is 0 Å². The second-order valence-corrected chi connectivity index (χ2v) is 4.29. The molecule has 1 aliphatic rings. The average Bonchev–Trinajstić information content (AvgIpc) is 2.81. The fourth-order valence-corrected chi connectivity index (χ4v) is 2.01. The maximum atomic E-state index is 9.85. The van der Waals surface area contributed by atoms with E-state index in [0.717, 1.165) is 6.42 Å². The van der Waals surface area contributed by atoms with Crippen molar-refractivity contribution >= 4 is 0 Å². The molecular formula is C15H18O. The highest BCUT2D eigenvalue weighted by atomic mass is 16.3. The fraction of sp³-hybridized carbons (Fsp3) is 0.333. The number of benzene rings is 1. The summed E-state index contributed by atoms with van der Waals surface area (Å²) in [4.78, 5) is 0. The normalized spacial score (nSPS) is 17.7. The monoisotopic (exact) mass is 214 g/mol. The zero-order valence-electron chi connectivity index (χ0n) is 9.47. The molecule has 1 aromatic rings. The van der Waals surface area contributed by atoms with E-state index in [0.29, 0.717) is 6.42 Å². The Kier molecular flexibility index (Phi) is 3.95. The van der Waals surface area contributed by atoms with Crippen molar-refractivity contribution in [1.29, 1.82) is 0 Å². The zero-order chi connectivity index (χ0) is 11.2. The van der Waals surface area contributed by atoms with E-state index in [1.807, 2.05) is 36.4 Å². The molecule has 1 aliphatic carbocycles. The third-order valence-corrected chi connectivity index (χ3v) is 2.90. The molecule has 0 radical (unpaired) electrons. The molecule has 0 heterocycles. The van der Waals surface area contributed by atoms with Gasteiger partial charge in [0.15, 0.2) is 0 Å². The maximum absolute atomic E-state index is 9.85. The van der Waals surface area contributed by atoms with Gasteiger partial charge in [-0.25, -0.2) is 0 Å². The Morgan fingerprint density at radius 1 is 1.25 bits per heavy atom. The van der Waals surface area contributed by atoms with Crippen molar-refractivity contribution in [3.63, 3.8) is 0 Å². The van der Waals surface area contributed by atoms with E-state index in [2.05, 4.69) is 12.2 Å². The van der Waals surface area contributed by atoms with Crippen LogP contribution in [0.5, 0.6) is 0 Å². The molecule has 0 amide bonds. The quantitative estimate of drug-likeness (QED) is 0.815. The lowest BCUT2D eigenvalue weighted by Gasteiger charge is -2.05. The van der Waals surface area contributed by atoms with Crippen LogP contribution in [0, 0.1) is 0 Å². The summed E-state index contributed by atoms with van der Waals surface area (Å²) in [5, 5.41) is 9.85. The molecule has 1 aromatic carbocycles. The number of aliphatic hydroxyl groups excluding tert-OH is 1. The van der Waals surface area contributed by atoms with Gasteiger partial charge in [0, 0.05) is 6.42 Å². The molecule has 0 bridgehead atoms. The highest BCUT2D eigenvalue weighted by Gasteiger charge is 2.03. The second kappa shape index (κ2) is 5.66. The van der Waals surface area contributed by atoms with Gasteiger partial charge in [-0.3, -0.25) is 0 Å². The predicted molar refractivity (Wildman–Crippen MR) is 67.2 cm³/mol. The summed E-state index contributed by atoms with van der Waals surface area (Å²) in [6, 6.07) is 10.1. The number of allylic oxidation sites excluding steroid dienone is 3. The van der Waals surface area contributed by atoms with Crippen LogP contribution in [0.1, 0.15) is 24.8 Å². The van der Waals surface area contributed by atoms with E-state index in [1.54, 1.807) is 0 Å². The summed E-state index contributed by atoms with van der Waals surface area (Å²) in [7, 11) is 0. The maximum Gasteiger partial charge on any atom is 0.0764 e. The van der Waals surface area contributed by atoms with Crippen LogP contribution in [0.25, 0.3) is 0 Å². The molecule has 0 spiro atoms. The molecule has 0 saturated carbocycles. The molecule has 0 aliphatic heterocycles. The van der Waals surface area contributed by atoms with Crippen LogP contribution in [0.4, 0.5) is 0 Å². The van der Waals surface area contributed by atoms with Gasteiger partial charge >= 0.3 is 0 Å². The predicted octanol–water partition coefficient (Wildman–Crippen LogP) is 3.26. The van der Waals surface area contributed by atoms with Crippen molar-refractivity contribution in [2.24, 2.45) is 0 Å². The minimum atomic E-state index is -0.371. The molecule has 1 atom stereocenters. The molecule has 2 rings (SSSR count). The van der Waals surface area contributed by atoms with Crippen molar-refractivity contribution in [1.82, 2.24) is 0 Å². The van der Waals surface area contributed by atoms with Gasteiger partial charge in [0.05, 0.1) is 6.10 Å². The molecule has 0 saturated heterocycles. The average molecular weight is 214 g/mol. The number of rotatable bonds is 4. The SMILES string of the molecule is OC(/C=C/C1=CCCC1)Cc1ccccc1. The number of aliphatic hydroxyl groups is 1.